The van der Waals surface area contributed by atoms with Crippen molar-refractivity contribution in [2.45, 2.75) is 57.1 Å². The molecule has 0 bridgehead atoms. The highest BCUT2D eigenvalue weighted by Crippen LogP contribution is 2.28. The van der Waals surface area contributed by atoms with E-state index in [0.29, 0.717) is 5.56 Å². The third kappa shape index (κ3) is 7.79. The average Bonchev–Trinajstić information content (AvgIpc) is 2.89. The van der Waals surface area contributed by atoms with Gasteiger partial charge in [0.2, 0.25) is 11.8 Å². The molecule has 0 aromatic heterocycles. The first-order valence-electron chi connectivity index (χ1n) is 12.6. The van der Waals surface area contributed by atoms with Crippen molar-refractivity contribution in [3.05, 3.63) is 95.0 Å². The number of carbonyl (C=O) groups excluding carboxylic acids is 2. The summed E-state index contributed by atoms with van der Waals surface area (Å²) in [5, 5.41) is 2.55. The molecule has 0 aliphatic carbocycles. The highest BCUT2D eigenvalue weighted by molar-refractivity contribution is 7.92. The molecule has 1 atom stereocenters. The molecule has 0 heterocycles. The third-order valence-corrected chi connectivity index (χ3v) is 8.03. The number of amides is 2. The molecule has 0 aliphatic rings. The first-order valence-corrected chi connectivity index (χ1v) is 14.4. The van der Waals surface area contributed by atoms with E-state index in [-0.39, 0.29) is 28.6 Å². The summed E-state index contributed by atoms with van der Waals surface area (Å²) >= 11 is 5.97. The Balaban J connectivity index is 2.08. The Morgan fingerprint density at radius 1 is 0.975 bits per heavy atom. The van der Waals surface area contributed by atoms with Crippen LogP contribution in [0, 0.1) is 11.6 Å². The molecule has 2 amide bonds. The molecule has 1 N–H and O–H groups in total. The number of nitrogens with zero attached hydrogens (tertiary/aromatic N) is 2. The molecule has 0 saturated carbocycles. The van der Waals surface area contributed by atoms with E-state index in [0.717, 1.165) is 16.4 Å². The summed E-state index contributed by atoms with van der Waals surface area (Å²) in [4.78, 5) is 28.4. The highest BCUT2D eigenvalue weighted by Gasteiger charge is 2.34. The van der Waals surface area contributed by atoms with Crippen molar-refractivity contribution >= 4 is 39.1 Å². The smallest absolute Gasteiger partial charge is 0.264 e. The van der Waals surface area contributed by atoms with Crippen molar-refractivity contribution in [2.75, 3.05) is 10.8 Å². The molecule has 7 nitrogen and oxygen atoms in total. The Morgan fingerprint density at radius 2 is 1.60 bits per heavy atom. The zero-order valence-corrected chi connectivity index (χ0v) is 24.3. The zero-order valence-electron chi connectivity index (χ0n) is 22.7. The molecule has 0 saturated heterocycles. The summed E-state index contributed by atoms with van der Waals surface area (Å²) in [5.74, 6) is -2.34. The molecule has 11 heteroatoms. The quantitative estimate of drug-likeness (QED) is 0.336. The third-order valence-electron chi connectivity index (χ3n) is 5.95. The van der Waals surface area contributed by atoms with Crippen molar-refractivity contribution in [1.29, 1.82) is 0 Å². The molecule has 214 valence electrons. The lowest BCUT2D eigenvalue weighted by atomic mass is 10.1. The van der Waals surface area contributed by atoms with E-state index in [1.807, 2.05) is 0 Å². The number of rotatable bonds is 10. The fraction of sp³-hybridized carbons (Fsp3) is 0.310. The van der Waals surface area contributed by atoms with Gasteiger partial charge in [-0.05, 0) is 75.2 Å². The lowest BCUT2D eigenvalue weighted by Crippen LogP contribution is -2.55. The molecule has 3 aromatic carbocycles. The van der Waals surface area contributed by atoms with Gasteiger partial charge in [-0.3, -0.25) is 13.9 Å². The predicted molar refractivity (Wildman–Crippen MR) is 151 cm³/mol. The first-order chi connectivity index (χ1) is 18.7. The SMILES string of the molecule is CCC(C(=O)NC(C)(C)C)N(Cc1ccc(F)cc1)C(=O)CN(c1ccc(F)c(Cl)c1)S(=O)(=O)c1ccccc1. The van der Waals surface area contributed by atoms with Crippen molar-refractivity contribution in [1.82, 2.24) is 10.2 Å². The molecular formula is C29H32ClF2N3O4S. The van der Waals surface area contributed by atoms with Crippen LogP contribution in [-0.2, 0) is 26.2 Å². The van der Waals surface area contributed by atoms with Crippen LogP contribution in [0.3, 0.4) is 0 Å². The van der Waals surface area contributed by atoms with E-state index in [1.165, 1.54) is 59.5 Å². The number of nitrogens with one attached hydrogen (secondary N) is 1. The second-order valence-electron chi connectivity index (χ2n) is 10.2. The standard InChI is InChI=1S/C29H32ClF2N3O4S/c1-5-26(28(37)33-29(2,3)4)34(18-20-11-13-21(31)14-12-20)27(36)19-35(22-15-16-25(32)24(30)17-22)40(38,39)23-9-7-6-8-10-23/h6-17,26H,5,18-19H2,1-4H3,(H,33,37). The van der Waals surface area contributed by atoms with Crippen molar-refractivity contribution in [2.24, 2.45) is 0 Å². The van der Waals surface area contributed by atoms with E-state index in [4.69, 9.17) is 11.6 Å². The van der Waals surface area contributed by atoms with Gasteiger partial charge in [0.1, 0.15) is 24.2 Å². The first kappa shape index (κ1) is 31.0. The molecule has 3 rings (SSSR count). The van der Waals surface area contributed by atoms with Crippen LogP contribution in [0.15, 0.2) is 77.7 Å². The summed E-state index contributed by atoms with van der Waals surface area (Å²) in [6.07, 6.45) is 0.225. The Labute approximate surface area is 238 Å². The normalized spacial score (nSPS) is 12.5. The fourth-order valence-electron chi connectivity index (χ4n) is 4.05. The molecule has 0 aliphatic heterocycles. The minimum absolute atomic E-state index is 0.0301. The highest BCUT2D eigenvalue weighted by atomic mass is 35.5. The van der Waals surface area contributed by atoms with E-state index in [9.17, 15) is 26.8 Å². The maximum Gasteiger partial charge on any atom is 0.264 e. The van der Waals surface area contributed by atoms with E-state index >= 15 is 0 Å². The summed E-state index contributed by atoms with van der Waals surface area (Å²) in [5.41, 5.74) is -0.0839. The number of hydrogen-bond acceptors (Lipinski definition) is 4. The Hall–Kier alpha value is -3.50. The van der Waals surface area contributed by atoms with Crippen LogP contribution >= 0.6 is 11.6 Å². The van der Waals surface area contributed by atoms with Crippen LogP contribution in [0.4, 0.5) is 14.5 Å². The van der Waals surface area contributed by atoms with Gasteiger partial charge in [-0.1, -0.05) is 48.9 Å². The van der Waals surface area contributed by atoms with E-state index in [1.54, 1.807) is 33.8 Å². The molecular weight excluding hydrogens is 560 g/mol. The molecule has 3 aromatic rings. The average molecular weight is 592 g/mol. The number of sulfonamides is 1. The predicted octanol–water partition coefficient (Wildman–Crippen LogP) is 5.54. The van der Waals surface area contributed by atoms with Gasteiger partial charge in [0, 0.05) is 12.1 Å². The van der Waals surface area contributed by atoms with E-state index in [2.05, 4.69) is 5.32 Å². The van der Waals surface area contributed by atoms with Crippen LogP contribution in [-0.4, -0.2) is 43.3 Å². The Morgan fingerprint density at radius 3 is 2.15 bits per heavy atom. The summed E-state index contributed by atoms with van der Waals surface area (Å²) < 4.78 is 55.9. The second-order valence-corrected chi connectivity index (χ2v) is 12.5. The van der Waals surface area contributed by atoms with Gasteiger partial charge in [-0.2, -0.15) is 0 Å². The Bertz CT molecular complexity index is 1450. The van der Waals surface area contributed by atoms with E-state index < -0.39 is 51.6 Å². The lowest BCUT2D eigenvalue weighted by molar-refractivity contribution is -0.141. The number of halogens is 3. The van der Waals surface area contributed by atoms with Gasteiger partial charge >= 0.3 is 0 Å². The molecule has 0 fully saturated rings. The lowest BCUT2D eigenvalue weighted by Gasteiger charge is -2.34. The molecule has 40 heavy (non-hydrogen) atoms. The van der Waals surface area contributed by atoms with Crippen LogP contribution in [0.2, 0.25) is 5.02 Å². The number of anilines is 1. The van der Waals surface area contributed by atoms with Crippen LogP contribution in [0.25, 0.3) is 0 Å². The number of carbonyl (C=O) groups is 2. The minimum Gasteiger partial charge on any atom is -0.350 e. The largest absolute Gasteiger partial charge is 0.350 e. The van der Waals surface area contributed by atoms with Crippen LogP contribution in [0.5, 0.6) is 0 Å². The van der Waals surface area contributed by atoms with Gasteiger partial charge in [-0.15, -0.1) is 0 Å². The van der Waals surface area contributed by atoms with Gasteiger partial charge in [0.05, 0.1) is 15.6 Å². The maximum atomic E-state index is 14.0. The molecule has 0 radical (unpaired) electrons. The van der Waals surface area contributed by atoms with Gasteiger partial charge in [0.15, 0.2) is 0 Å². The number of benzene rings is 3. The zero-order chi connectivity index (χ0) is 29.7. The maximum absolute atomic E-state index is 14.0. The van der Waals surface area contributed by atoms with Gasteiger partial charge in [0.25, 0.3) is 10.0 Å². The second kappa shape index (κ2) is 12.8. The molecule has 1 unspecified atom stereocenters. The summed E-state index contributed by atoms with van der Waals surface area (Å²) in [6.45, 7) is 6.34. The number of hydrogen-bond donors (Lipinski definition) is 1. The molecule has 0 spiro atoms. The van der Waals surface area contributed by atoms with Gasteiger partial charge in [-0.25, -0.2) is 17.2 Å². The fourth-order valence-corrected chi connectivity index (χ4v) is 5.65. The summed E-state index contributed by atoms with van der Waals surface area (Å²) in [6, 6.07) is 15.3. The van der Waals surface area contributed by atoms with Crippen molar-refractivity contribution < 1.29 is 26.8 Å². The van der Waals surface area contributed by atoms with Crippen molar-refractivity contribution in [3.8, 4) is 0 Å². The Kier molecular flexibility index (Phi) is 9.92. The monoisotopic (exact) mass is 591 g/mol. The van der Waals surface area contributed by atoms with Crippen molar-refractivity contribution in [3.63, 3.8) is 0 Å². The van der Waals surface area contributed by atoms with Crippen LogP contribution in [0.1, 0.15) is 39.7 Å². The minimum atomic E-state index is -4.32. The van der Waals surface area contributed by atoms with Gasteiger partial charge < -0.3 is 10.2 Å². The summed E-state index contributed by atoms with van der Waals surface area (Å²) in [7, 11) is -4.32. The topological polar surface area (TPSA) is 86.8 Å². The van der Waals surface area contributed by atoms with Crippen LogP contribution < -0.4 is 9.62 Å².